The first-order valence-corrected chi connectivity index (χ1v) is 7.81. The molecule has 0 bridgehead atoms. The van der Waals surface area contributed by atoms with Gasteiger partial charge in [0.25, 0.3) is 0 Å². The van der Waals surface area contributed by atoms with Gasteiger partial charge >= 0.3 is 0 Å². The summed E-state index contributed by atoms with van der Waals surface area (Å²) in [5, 5.41) is 16.8. The number of hydrogen-bond acceptors (Lipinski definition) is 4. The number of hydrogen-bond donors (Lipinski definition) is 2. The van der Waals surface area contributed by atoms with Crippen LogP contribution in [0.1, 0.15) is 18.1 Å². The molecule has 1 aromatic carbocycles. The van der Waals surface area contributed by atoms with Gasteiger partial charge in [-0.25, -0.2) is 0 Å². The monoisotopic (exact) mass is 317 g/mol. The van der Waals surface area contributed by atoms with E-state index in [1.54, 1.807) is 20.1 Å². The summed E-state index contributed by atoms with van der Waals surface area (Å²) in [6.45, 7) is 1.83. The van der Waals surface area contributed by atoms with E-state index in [2.05, 4.69) is 5.32 Å². The Morgan fingerprint density at radius 2 is 2.18 bits per heavy atom. The number of thiophene rings is 1. The predicted octanol–water partition coefficient (Wildman–Crippen LogP) is 2.79. The average molecular weight is 317 g/mol. The van der Waals surface area contributed by atoms with Crippen LogP contribution in [0, 0.1) is 0 Å². The van der Waals surface area contributed by atoms with Crippen molar-refractivity contribution in [1.82, 2.24) is 5.32 Å². The van der Waals surface area contributed by atoms with Crippen LogP contribution < -0.4 is 10.1 Å². The van der Waals surface area contributed by atoms with Crippen molar-refractivity contribution in [3.63, 3.8) is 0 Å². The Hall–Kier alpha value is -2.11. The fraction of sp³-hybridized carbons (Fsp3) is 0.235. The molecule has 2 N–H and O–H groups in total. The minimum atomic E-state index is -1.08. The van der Waals surface area contributed by atoms with E-state index in [1.807, 2.05) is 41.1 Å². The van der Waals surface area contributed by atoms with Gasteiger partial charge in [-0.05, 0) is 41.5 Å². The van der Waals surface area contributed by atoms with Crippen LogP contribution in [0.3, 0.4) is 0 Å². The lowest BCUT2D eigenvalue weighted by Crippen LogP contribution is -2.37. The molecule has 2 rings (SSSR count). The highest BCUT2D eigenvalue weighted by molar-refractivity contribution is 7.08. The zero-order chi connectivity index (χ0) is 16.0. The zero-order valence-corrected chi connectivity index (χ0v) is 13.4. The van der Waals surface area contributed by atoms with Crippen LogP contribution in [0.5, 0.6) is 5.75 Å². The van der Waals surface area contributed by atoms with E-state index < -0.39 is 5.60 Å². The maximum atomic E-state index is 11.9. The number of ether oxygens (including phenoxy) is 1. The third-order valence-electron chi connectivity index (χ3n) is 3.30. The standard InChI is InChI=1S/C17H19NO3S/c1-17(20,14-9-10-22-11-14)12-18-16(19)8-7-13-5-3-4-6-15(13)21-2/h3-11,20H,12H2,1-2H3,(H,18,19)/b8-7+/t17-/m1/s1. The molecule has 1 heterocycles. The van der Waals surface area contributed by atoms with Crippen LogP contribution in [0.15, 0.2) is 47.2 Å². The number of benzene rings is 1. The number of rotatable bonds is 6. The second-order valence-electron chi connectivity index (χ2n) is 5.08. The van der Waals surface area contributed by atoms with E-state index in [-0.39, 0.29) is 12.5 Å². The first-order valence-electron chi connectivity index (χ1n) is 6.87. The Bertz CT molecular complexity index is 648. The molecule has 0 unspecified atom stereocenters. The molecule has 2 aromatic rings. The van der Waals surface area contributed by atoms with Gasteiger partial charge < -0.3 is 15.2 Å². The van der Waals surface area contributed by atoms with Crippen molar-refractivity contribution in [2.45, 2.75) is 12.5 Å². The number of aliphatic hydroxyl groups is 1. The Balaban J connectivity index is 1.94. The van der Waals surface area contributed by atoms with Gasteiger partial charge in [-0.15, -0.1) is 0 Å². The Morgan fingerprint density at radius 3 is 2.86 bits per heavy atom. The first kappa shape index (κ1) is 16.3. The molecule has 116 valence electrons. The number of amides is 1. The van der Waals surface area contributed by atoms with Crippen LogP contribution in [0.2, 0.25) is 0 Å². The predicted molar refractivity (Wildman–Crippen MR) is 88.9 cm³/mol. The van der Waals surface area contributed by atoms with Gasteiger partial charge in [-0.1, -0.05) is 18.2 Å². The van der Waals surface area contributed by atoms with Crippen molar-refractivity contribution in [2.24, 2.45) is 0 Å². The van der Waals surface area contributed by atoms with E-state index in [1.165, 1.54) is 17.4 Å². The van der Waals surface area contributed by atoms with E-state index in [0.717, 1.165) is 11.1 Å². The summed E-state index contributed by atoms with van der Waals surface area (Å²) < 4.78 is 5.22. The van der Waals surface area contributed by atoms with Gasteiger partial charge in [0.1, 0.15) is 11.4 Å². The largest absolute Gasteiger partial charge is 0.496 e. The van der Waals surface area contributed by atoms with Gasteiger partial charge in [-0.2, -0.15) is 11.3 Å². The highest BCUT2D eigenvalue weighted by atomic mass is 32.1. The molecular weight excluding hydrogens is 298 g/mol. The number of carbonyl (C=O) groups is 1. The number of methoxy groups -OCH3 is 1. The summed E-state index contributed by atoms with van der Waals surface area (Å²) in [4.78, 5) is 11.9. The van der Waals surface area contributed by atoms with E-state index in [9.17, 15) is 9.90 Å². The van der Waals surface area contributed by atoms with Gasteiger partial charge in [0.2, 0.25) is 5.91 Å². The quantitative estimate of drug-likeness (QED) is 0.806. The second-order valence-corrected chi connectivity index (χ2v) is 5.86. The van der Waals surface area contributed by atoms with Crippen LogP contribution in [0.4, 0.5) is 0 Å². The minimum Gasteiger partial charge on any atom is -0.496 e. The number of para-hydroxylation sites is 1. The lowest BCUT2D eigenvalue weighted by atomic mass is 9.99. The molecule has 0 aliphatic carbocycles. The third kappa shape index (κ3) is 4.19. The lowest BCUT2D eigenvalue weighted by Gasteiger charge is -2.22. The summed E-state index contributed by atoms with van der Waals surface area (Å²) in [5.74, 6) is 0.443. The number of carbonyl (C=O) groups excluding carboxylic acids is 1. The highest BCUT2D eigenvalue weighted by Crippen LogP contribution is 2.22. The SMILES string of the molecule is COc1ccccc1/C=C/C(=O)NC[C@@](C)(O)c1ccsc1. The Labute approximate surface area is 134 Å². The highest BCUT2D eigenvalue weighted by Gasteiger charge is 2.23. The zero-order valence-electron chi connectivity index (χ0n) is 12.6. The lowest BCUT2D eigenvalue weighted by molar-refractivity contribution is -0.117. The molecular formula is C17H19NO3S. The summed E-state index contributed by atoms with van der Waals surface area (Å²) in [7, 11) is 1.59. The molecule has 0 fully saturated rings. The van der Waals surface area contributed by atoms with Crippen LogP contribution in [-0.2, 0) is 10.4 Å². The van der Waals surface area contributed by atoms with Crippen molar-refractivity contribution in [3.8, 4) is 5.75 Å². The molecule has 0 spiro atoms. The van der Waals surface area contributed by atoms with E-state index >= 15 is 0 Å². The van der Waals surface area contributed by atoms with E-state index in [4.69, 9.17) is 4.74 Å². The van der Waals surface area contributed by atoms with Crippen molar-refractivity contribution in [2.75, 3.05) is 13.7 Å². The normalized spacial score (nSPS) is 13.8. The fourth-order valence-electron chi connectivity index (χ4n) is 1.96. The smallest absolute Gasteiger partial charge is 0.244 e. The van der Waals surface area contributed by atoms with Gasteiger partial charge in [-0.3, -0.25) is 4.79 Å². The van der Waals surface area contributed by atoms with Gasteiger partial charge in [0.05, 0.1) is 13.7 Å². The summed E-state index contributed by atoms with van der Waals surface area (Å²) in [5.41, 5.74) is 0.546. The average Bonchev–Trinajstić information content (AvgIpc) is 3.06. The maximum Gasteiger partial charge on any atom is 0.244 e. The van der Waals surface area contributed by atoms with Crippen LogP contribution >= 0.6 is 11.3 Å². The molecule has 0 aliphatic rings. The number of nitrogens with one attached hydrogen (secondary N) is 1. The van der Waals surface area contributed by atoms with Crippen LogP contribution in [0.25, 0.3) is 6.08 Å². The topological polar surface area (TPSA) is 58.6 Å². The molecule has 5 heteroatoms. The Morgan fingerprint density at radius 1 is 1.41 bits per heavy atom. The van der Waals surface area contributed by atoms with Gasteiger partial charge in [0.15, 0.2) is 0 Å². The third-order valence-corrected chi connectivity index (χ3v) is 3.99. The molecule has 0 radical (unpaired) electrons. The second kappa shape index (κ2) is 7.24. The van der Waals surface area contributed by atoms with Gasteiger partial charge in [0, 0.05) is 11.6 Å². The molecule has 4 nitrogen and oxygen atoms in total. The minimum absolute atomic E-state index is 0.152. The molecule has 0 saturated heterocycles. The van der Waals surface area contributed by atoms with Crippen molar-refractivity contribution < 1.29 is 14.6 Å². The molecule has 1 aromatic heterocycles. The van der Waals surface area contributed by atoms with Crippen LogP contribution in [-0.4, -0.2) is 24.7 Å². The molecule has 1 amide bonds. The summed E-state index contributed by atoms with van der Waals surface area (Å²) in [6.07, 6.45) is 3.12. The Kier molecular flexibility index (Phi) is 5.35. The summed E-state index contributed by atoms with van der Waals surface area (Å²) in [6, 6.07) is 9.29. The molecule has 22 heavy (non-hydrogen) atoms. The maximum absolute atomic E-state index is 11.9. The molecule has 1 atom stereocenters. The molecule has 0 aliphatic heterocycles. The fourth-order valence-corrected chi connectivity index (χ4v) is 2.74. The van der Waals surface area contributed by atoms with E-state index in [0.29, 0.717) is 5.75 Å². The summed E-state index contributed by atoms with van der Waals surface area (Å²) >= 11 is 1.51. The molecule has 0 saturated carbocycles. The van der Waals surface area contributed by atoms with Crippen molar-refractivity contribution in [3.05, 3.63) is 58.3 Å². The first-order chi connectivity index (χ1) is 10.5. The van der Waals surface area contributed by atoms with Crippen molar-refractivity contribution in [1.29, 1.82) is 0 Å². The van der Waals surface area contributed by atoms with Crippen molar-refractivity contribution >= 4 is 23.3 Å².